The van der Waals surface area contributed by atoms with Crippen LogP contribution in [0.2, 0.25) is 0 Å². The van der Waals surface area contributed by atoms with E-state index in [1.165, 1.54) is 25.0 Å². The molecular formula is C25H33FN4O3. The van der Waals surface area contributed by atoms with Gasteiger partial charge in [0, 0.05) is 44.5 Å². The Labute approximate surface area is 194 Å². The largest absolute Gasteiger partial charge is 0.468 e. The third-order valence-electron chi connectivity index (χ3n) is 6.67. The molecule has 2 aromatic rings. The van der Waals surface area contributed by atoms with Gasteiger partial charge in [0.15, 0.2) is 0 Å². The molecule has 1 saturated carbocycles. The van der Waals surface area contributed by atoms with Crippen LogP contribution in [-0.2, 0) is 9.59 Å². The van der Waals surface area contributed by atoms with Crippen LogP contribution in [0.4, 0.5) is 10.1 Å². The number of benzene rings is 1. The van der Waals surface area contributed by atoms with Crippen LogP contribution < -0.4 is 15.5 Å². The van der Waals surface area contributed by atoms with E-state index in [-0.39, 0.29) is 17.9 Å². The number of halogens is 1. The van der Waals surface area contributed by atoms with E-state index in [1.807, 2.05) is 12.1 Å². The summed E-state index contributed by atoms with van der Waals surface area (Å²) in [4.78, 5) is 29.4. The van der Waals surface area contributed by atoms with E-state index in [1.54, 1.807) is 18.4 Å². The fourth-order valence-corrected chi connectivity index (χ4v) is 4.78. The molecule has 2 N–H and O–H groups in total. The van der Waals surface area contributed by atoms with Crippen LogP contribution in [0.1, 0.15) is 50.3 Å². The average molecular weight is 457 g/mol. The van der Waals surface area contributed by atoms with Gasteiger partial charge in [-0.2, -0.15) is 0 Å². The maximum atomic E-state index is 13.2. The number of nitrogens with one attached hydrogen (secondary N) is 2. The Morgan fingerprint density at radius 2 is 1.67 bits per heavy atom. The molecule has 2 aliphatic rings. The smallest absolute Gasteiger partial charge is 0.309 e. The lowest BCUT2D eigenvalue weighted by molar-refractivity contribution is -0.139. The molecule has 178 valence electrons. The van der Waals surface area contributed by atoms with Crippen molar-refractivity contribution in [2.75, 3.05) is 37.6 Å². The summed E-state index contributed by atoms with van der Waals surface area (Å²) in [6.07, 6.45) is 8.07. The first kappa shape index (κ1) is 23.3. The third kappa shape index (κ3) is 6.35. The molecule has 2 amide bonds. The van der Waals surface area contributed by atoms with Crippen LogP contribution in [0.3, 0.4) is 0 Å². The van der Waals surface area contributed by atoms with E-state index < -0.39 is 11.8 Å². The maximum Gasteiger partial charge on any atom is 0.309 e. The molecule has 4 rings (SSSR count). The Hall–Kier alpha value is -2.87. The predicted octanol–water partition coefficient (Wildman–Crippen LogP) is 3.24. The highest BCUT2D eigenvalue weighted by Crippen LogP contribution is 2.24. The van der Waals surface area contributed by atoms with Gasteiger partial charge in [0.1, 0.15) is 11.6 Å². The minimum atomic E-state index is -0.597. The van der Waals surface area contributed by atoms with E-state index in [9.17, 15) is 14.0 Å². The first-order chi connectivity index (χ1) is 16.1. The number of furan rings is 1. The number of carbonyl (C=O) groups excluding carboxylic acids is 2. The lowest BCUT2D eigenvalue weighted by Crippen LogP contribution is -2.51. The van der Waals surface area contributed by atoms with Crippen LogP contribution in [0.5, 0.6) is 0 Å². The highest BCUT2D eigenvalue weighted by atomic mass is 19.1. The second-order valence-corrected chi connectivity index (χ2v) is 8.90. The van der Waals surface area contributed by atoms with Crippen molar-refractivity contribution in [3.63, 3.8) is 0 Å². The molecule has 1 unspecified atom stereocenters. The molecule has 1 aromatic heterocycles. The standard InChI is InChI=1S/C25H33FN4O3/c26-19-9-11-21(12-10-19)29-13-15-30(16-14-29)22(23-8-5-17-33-23)18-27-24(31)25(32)28-20-6-3-1-2-4-7-20/h5,8-12,17,20,22H,1-4,6-7,13-16,18H2,(H,27,31)(H,28,32). The molecule has 1 saturated heterocycles. The maximum absolute atomic E-state index is 13.2. The molecule has 0 bridgehead atoms. The van der Waals surface area contributed by atoms with E-state index in [0.29, 0.717) is 6.54 Å². The van der Waals surface area contributed by atoms with Gasteiger partial charge in [0.25, 0.3) is 0 Å². The molecule has 7 nitrogen and oxygen atoms in total. The fourth-order valence-electron chi connectivity index (χ4n) is 4.78. The minimum absolute atomic E-state index is 0.0890. The van der Waals surface area contributed by atoms with Gasteiger partial charge in [0.2, 0.25) is 0 Å². The summed E-state index contributed by atoms with van der Waals surface area (Å²) in [7, 11) is 0. The Morgan fingerprint density at radius 1 is 0.970 bits per heavy atom. The molecule has 8 heteroatoms. The zero-order chi connectivity index (χ0) is 23.0. The summed E-state index contributed by atoms with van der Waals surface area (Å²) in [5.41, 5.74) is 0.995. The van der Waals surface area contributed by atoms with Crippen LogP contribution in [0.25, 0.3) is 0 Å². The number of amides is 2. The highest BCUT2D eigenvalue weighted by molar-refractivity contribution is 6.35. The van der Waals surface area contributed by atoms with Gasteiger partial charge in [-0.15, -0.1) is 0 Å². The Kier molecular flexibility index (Phi) is 7.99. The summed E-state index contributed by atoms with van der Waals surface area (Å²) < 4.78 is 18.9. The molecule has 2 heterocycles. The molecule has 0 radical (unpaired) electrons. The zero-order valence-electron chi connectivity index (χ0n) is 19.0. The van der Waals surface area contributed by atoms with Crippen molar-refractivity contribution in [3.05, 3.63) is 54.2 Å². The number of anilines is 1. The Balaban J connectivity index is 1.32. The number of rotatable bonds is 6. The van der Waals surface area contributed by atoms with Gasteiger partial charge in [-0.05, 0) is 49.2 Å². The Bertz CT molecular complexity index is 887. The number of hydrogen-bond donors (Lipinski definition) is 2. The monoisotopic (exact) mass is 456 g/mol. The van der Waals surface area contributed by atoms with Crippen molar-refractivity contribution < 1.29 is 18.4 Å². The molecule has 1 atom stereocenters. The molecule has 1 aliphatic heterocycles. The normalized spacial score (nSPS) is 19.0. The average Bonchev–Trinajstić information content (AvgIpc) is 3.24. The molecule has 2 fully saturated rings. The van der Waals surface area contributed by atoms with Crippen molar-refractivity contribution in [2.24, 2.45) is 0 Å². The number of carbonyl (C=O) groups is 2. The molecule has 1 aromatic carbocycles. The number of hydrogen-bond acceptors (Lipinski definition) is 5. The molecule has 0 spiro atoms. The first-order valence-corrected chi connectivity index (χ1v) is 12.0. The summed E-state index contributed by atoms with van der Waals surface area (Å²) in [5, 5.41) is 5.72. The zero-order valence-corrected chi connectivity index (χ0v) is 19.0. The summed E-state index contributed by atoms with van der Waals surface area (Å²) >= 11 is 0. The van der Waals surface area contributed by atoms with E-state index >= 15 is 0 Å². The van der Waals surface area contributed by atoms with Gasteiger partial charge in [-0.3, -0.25) is 14.5 Å². The highest BCUT2D eigenvalue weighted by Gasteiger charge is 2.28. The number of piperazine rings is 1. The van der Waals surface area contributed by atoms with Gasteiger partial charge < -0.3 is 20.0 Å². The van der Waals surface area contributed by atoms with E-state index in [0.717, 1.165) is 63.3 Å². The second kappa shape index (κ2) is 11.3. The van der Waals surface area contributed by atoms with Crippen molar-refractivity contribution in [3.8, 4) is 0 Å². The lowest BCUT2D eigenvalue weighted by atomic mass is 10.1. The fraction of sp³-hybridized carbons (Fsp3) is 0.520. The third-order valence-corrected chi connectivity index (χ3v) is 6.67. The topological polar surface area (TPSA) is 77.8 Å². The van der Waals surface area contributed by atoms with Crippen LogP contribution in [0, 0.1) is 5.82 Å². The van der Waals surface area contributed by atoms with E-state index in [4.69, 9.17) is 4.42 Å². The van der Waals surface area contributed by atoms with Crippen LogP contribution in [-0.4, -0.2) is 55.5 Å². The summed E-state index contributed by atoms with van der Waals surface area (Å²) in [5.74, 6) is -0.634. The predicted molar refractivity (Wildman–Crippen MR) is 124 cm³/mol. The van der Waals surface area contributed by atoms with Crippen molar-refractivity contribution in [1.82, 2.24) is 15.5 Å². The number of nitrogens with zero attached hydrogens (tertiary/aromatic N) is 2. The molecule has 1 aliphatic carbocycles. The van der Waals surface area contributed by atoms with Gasteiger partial charge in [-0.1, -0.05) is 25.7 Å². The SMILES string of the molecule is O=C(NCC(c1ccco1)N1CCN(c2ccc(F)cc2)CC1)C(=O)NC1CCCCCC1. The summed E-state index contributed by atoms with van der Waals surface area (Å²) in [6.45, 7) is 3.36. The summed E-state index contributed by atoms with van der Waals surface area (Å²) in [6, 6.07) is 10.2. The van der Waals surface area contributed by atoms with Crippen LogP contribution >= 0.6 is 0 Å². The quantitative estimate of drug-likeness (QED) is 0.516. The van der Waals surface area contributed by atoms with Crippen LogP contribution in [0.15, 0.2) is 47.1 Å². The van der Waals surface area contributed by atoms with Crippen molar-refractivity contribution >= 4 is 17.5 Å². The van der Waals surface area contributed by atoms with Gasteiger partial charge >= 0.3 is 11.8 Å². The van der Waals surface area contributed by atoms with Crippen molar-refractivity contribution in [2.45, 2.75) is 50.6 Å². The molecular weight excluding hydrogens is 423 g/mol. The van der Waals surface area contributed by atoms with Gasteiger partial charge in [0.05, 0.1) is 12.3 Å². The second-order valence-electron chi connectivity index (χ2n) is 8.90. The Morgan fingerprint density at radius 3 is 2.30 bits per heavy atom. The minimum Gasteiger partial charge on any atom is -0.468 e. The molecule has 33 heavy (non-hydrogen) atoms. The lowest BCUT2D eigenvalue weighted by Gasteiger charge is -2.39. The van der Waals surface area contributed by atoms with Gasteiger partial charge in [-0.25, -0.2) is 4.39 Å². The van der Waals surface area contributed by atoms with E-state index in [2.05, 4.69) is 20.4 Å². The first-order valence-electron chi connectivity index (χ1n) is 12.0. The van der Waals surface area contributed by atoms with Crippen molar-refractivity contribution in [1.29, 1.82) is 0 Å².